The number of aromatic nitrogens is 2. The molecule has 0 amide bonds. The molecule has 1 aromatic heterocycles. The summed E-state index contributed by atoms with van der Waals surface area (Å²) in [5.41, 5.74) is -0.493. The fourth-order valence-electron chi connectivity index (χ4n) is 1.82. The van der Waals surface area contributed by atoms with Gasteiger partial charge in [0, 0.05) is 11.2 Å². The largest absolute Gasteiger partial charge is 0.389 e. The lowest BCUT2D eigenvalue weighted by molar-refractivity contribution is 0.0197. The van der Waals surface area contributed by atoms with Crippen LogP contribution in [0.25, 0.3) is 0 Å². The molecule has 2 N–H and O–H groups in total. The Labute approximate surface area is 135 Å². The zero-order valence-electron chi connectivity index (χ0n) is 11.5. The third-order valence-corrected chi connectivity index (χ3v) is 3.54. The molecule has 0 aliphatic heterocycles. The van der Waals surface area contributed by atoms with Gasteiger partial charge in [0.05, 0.1) is 25.9 Å². The maximum absolute atomic E-state index is 11.5. The molecule has 0 aliphatic rings. The third kappa shape index (κ3) is 4.45. The molecule has 0 fully saturated rings. The van der Waals surface area contributed by atoms with E-state index in [1.165, 1.54) is 6.20 Å². The van der Waals surface area contributed by atoms with Gasteiger partial charge in [-0.15, -0.1) is 0 Å². The maximum Gasteiger partial charge on any atom is 0.328 e. The van der Waals surface area contributed by atoms with Crippen LogP contribution in [0.4, 0.5) is 0 Å². The summed E-state index contributed by atoms with van der Waals surface area (Å²) in [5.74, 6) is 0. The predicted molar refractivity (Wildman–Crippen MR) is 83.4 cm³/mol. The average molecular weight is 345 g/mol. The lowest BCUT2D eigenvalue weighted by atomic mass is 10.2. The molecule has 0 saturated carbocycles. The molecule has 0 bridgehead atoms. The van der Waals surface area contributed by atoms with Gasteiger partial charge < -0.3 is 9.84 Å². The summed E-state index contributed by atoms with van der Waals surface area (Å²) in [6.45, 7) is 0.213. The number of ether oxygens (including phenoxy) is 1. The topological polar surface area (TPSA) is 84.3 Å². The minimum atomic E-state index is -0.929. The van der Waals surface area contributed by atoms with Crippen molar-refractivity contribution in [3.63, 3.8) is 0 Å². The van der Waals surface area contributed by atoms with Gasteiger partial charge in [0.1, 0.15) is 5.02 Å². The third-order valence-electron chi connectivity index (χ3n) is 2.90. The van der Waals surface area contributed by atoms with Gasteiger partial charge in [-0.05, 0) is 11.6 Å². The number of nitrogens with one attached hydrogen (secondary N) is 1. The summed E-state index contributed by atoms with van der Waals surface area (Å²) in [5, 5.41) is 10.3. The van der Waals surface area contributed by atoms with Gasteiger partial charge in [0.15, 0.2) is 0 Å². The van der Waals surface area contributed by atoms with Crippen LogP contribution < -0.4 is 11.2 Å². The number of aliphatic hydroxyl groups is 1. The molecule has 0 unspecified atom stereocenters. The number of nitrogens with zero attached hydrogens (tertiary/aromatic N) is 1. The van der Waals surface area contributed by atoms with Crippen molar-refractivity contribution in [1.29, 1.82) is 0 Å². The fraction of sp³-hybridized carbons (Fsp3) is 0.286. The second-order valence-corrected chi connectivity index (χ2v) is 5.46. The molecule has 0 saturated heterocycles. The van der Waals surface area contributed by atoms with E-state index >= 15 is 0 Å². The van der Waals surface area contributed by atoms with E-state index < -0.39 is 17.4 Å². The SMILES string of the molecule is O=c1[nH]c(=O)n(C[C@H](O)COCc2ccccc2Cl)cc1Cl. The molecule has 6 nitrogen and oxygen atoms in total. The molecular weight excluding hydrogens is 331 g/mol. The highest BCUT2D eigenvalue weighted by Crippen LogP contribution is 2.15. The van der Waals surface area contributed by atoms with Crippen LogP contribution in [0.1, 0.15) is 5.56 Å². The van der Waals surface area contributed by atoms with Gasteiger partial charge in [-0.3, -0.25) is 14.3 Å². The number of aromatic amines is 1. The Bertz CT molecular complexity index is 757. The minimum absolute atomic E-state index is 0.00834. The Kier molecular flexibility index (Phi) is 5.79. The second kappa shape index (κ2) is 7.60. The van der Waals surface area contributed by atoms with Crippen LogP contribution in [0.15, 0.2) is 40.1 Å². The van der Waals surface area contributed by atoms with Crippen LogP contribution in [0.5, 0.6) is 0 Å². The van der Waals surface area contributed by atoms with Crippen molar-refractivity contribution in [2.75, 3.05) is 6.61 Å². The van der Waals surface area contributed by atoms with E-state index in [2.05, 4.69) is 4.98 Å². The van der Waals surface area contributed by atoms with E-state index in [0.29, 0.717) is 5.02 Å². The maximum atomic E-state index is 11.5. The van der Waals surface area contributed by atoms with Crippen LogP contribution in [0.3, 0.4) is 0 Å². The Morgan fingerprint density at radius 2 is 1.95 bits per heavy atom. The number of hydrogen-bond donors (Lipinski definition) is 2. The number of benzene rings is 1. The fourth-order valence-corrected chi connectivity index (χ4v) is 2.17. The lowest BCUT2D eigenvalue weighted by Crippen LogP contribution is -2.34. The molecule has 1 heterocycles. The van der Waals surface area contributed by atoms with E-state index in [0.717, 1.165) is 10.1 Å². The summed E-state index contributed by atoms with van der Waals surface area (Å²) < 4.78 is 6.49. The standard InChI is InChI=1S/C14H14Cl2N2O4/c15-11-4-2-1-3-9(11)7-22-8-10(19)5-18-6-12(16)13(20)17-14(18)21/h1-4,6,10,19H,5,7-8H2,(H,17,20,21)/t10-/m0/s1. The zero-order valence-corrected chi connectivity index (χ0v) is 13.0. The molecule has 2 aromatic rings. The monoisotopic (exact) mass is 344 g/mol. The van der Waals surface area contributed by atoms with E-state index in [9.17, 15) is 14.7 Å². The quantitative estimate of drug-likeness (QED) is 0.829. The van der Waals surface area contributed by atoms with E-state index in [-0.39, 0.29) is 24.8 Å². The summed E-state index contributed by atoms with van der Waals surface area (Å²) >= 11 is 11.6. The number of rotatable bonds is 6. The number of halogens is 2. The molecule has 1 aromatic carbocycles. The van der Waals surface area contributed by atoms with Crippen LogP contribution in [0.2, 0.25) is 10.0 Å². The molecule has 2 rings (SSSR count). The first-order chi connectivity index (χ1) is 10.5. The van der Waals surface area contributed by atoms with Crippen molar-refractivity contribution >= 4 is 23.2 Å². The number of H-pyrrole nitrogens is 1. The van der Waals surface area contributed by atoms with E-state index in [1.807, 2.05) is 18.2 Å². The molecule has 0 aliphatic carbocycles. The normalized spacial score (nSPS) is 12.3. The van der Waals surface area contributed by atoms with E-state index in [1.54, 1.807) is 6.07 Å². The summed E-state index contributed by atoms with van der Waals surface area (Å²) in [4.78, 5) is 24.7. The molecule has 22 heavy (non-hydrogen) atoms. The summed E-state index contributed by atoms with van der Waals surface area (Å²) in [7, 11) is 0. The number of aliphatic hydroxyl groups excluding tert-OH is 1. The van der Waals surface area contributed by atoms with Crippen LogP contribution in [0, 0.1) is 0 Å². The van der Waals surface area contributed by atoms with Crippen molar-refractivity contribution in [3.05, 3.63) is 66.9 Å². The van der Waals surface area contributed by atoms with Gasteiger partial charge >= 0.3 is 5.69 Å². The van der Waals surface area contributed by atoms with Gasteiger partial charge in [0.2, 0.25) is 0 Å². The van der Waals surface area contributed by atoms with Gasteiger partial charge in [-0.25, -0.2) is 4.79 Å². The molecule has 0 spiro atoms. The average Bonchev–Trinajstić information content (AvgIpc) is 2.47. The second-order valence-electron chi connectivity index (χ2n) is 4.65. The van der Waals surface area contributed by atoms with Crippen molar-refractivity contribution in [2.45, 2.75) is 19.3 Å². The first kappa shape index (κ1) is 16.8. The smallest absolute Gasteiger partial charge is 0.328 e. The predicted octanol–water partition coefficient (Wildman–Crippen LogP) is 1.42. The van der Waals surface area contributed by atoms with Gasteiger partial charge in [-0.1, -0.05) is 41.4 Å². The minimum Gasteiger partial charge on any atom is -0.389 e. The van der Waals surface area contributed by atoms with Gasteiger partial charge in [-0.2, -0.15) is 0 Å². The van der Waals surface area contributed by atoms with Crippen molar-refractivity contribution in [2.24, 2.45) is 0 Å². The Hall–Kier alpha value is -1.60. The highest BCUT2D eigenvalue weighted by Gasteiger charge is 2.09. The molecule has 0 radical (unpaired) electrons. The first-order valence-electron chi connectivity index (χ1n) is 6.46. The van der Waals surface area contributed by atoms with Crippen LogP contribution in [-0.4, -0.2) is 27.4 Å². The Balaban J connectivity index is 1.90. The molecule has 1 atom stereocenters. The zero-order chi connectivity index (χ0) is 16.1. The van der Waals surface area contributed by atoms with Crippen molar-refractivity contribution in [3.8, 4) is 0 Å². The van der Waals surface area contributed by atoms with Crippen LogP contribution >= 0.6 is 23.2 Å². The van der Waals surface area contributed by atoms with Crippen LogP contribution in [-0.2, 0) is 17.9 Å². The highest BCUT2D eigenvalue weighted by molar-refractivity contribution is 6.31. The van der Waals surface area contributed by atoms with Crippen molar-refractivity contribution in [1.82, 2.24) is 9.55 Å². The molecule has 8 heteroatoms. The molecular formula is C14H14Cl2N2O4. The highest BCUT2D eigenvalue weighted by atomic mass is 35.5. The van der Waals surface area contributed by atoms with E-state index in [4.69, 9.17) is 27.9 Å². The Morgan fingerprint density at radius 3 is 2.68 bits per heavy atom. The lowest BCUT2D eigenvalue weighted by Gasteiger charge is -2.13. The molecule has 118 valence electrons. The Morgan fingerprint density at radius 1 is 1.23 bits per heavy atom. The van der Waals surface area contributed by atoms with Gasteiger partial charge in [0.25, 0.3) is 5.56 Å². The number of hydrogen-bond acceptors (Lipinski definition) is 4. The summed E-state index contributed by atoms with van der Waals surface area (Å²) in [6, 6.07) is 7.22. The van der Waals surface area contributed by atoms with Crippen molar-refractivity contribution < 1.29 is 9.84 Å². The first-order valence-corrected chi connectivity index (χ1v) is 7.21. The summed E-state index contributed by atoms with van der Waals surface area (Å²) in [6.07, 6.45) is 0.252.